The molecule has 0 saturated heterocycles. The van der Waals surface area contributed by atoms with Crippen LogP contribution >= 0.6 is 0 Å². The average molecular weight is 440 g/mol. The highest BCUT2D eigenvalue weighted by Gasteiger charge is 2.32. The first kappa shape index (κ1) is 18.9. The van der Waals surface area contributed by atoms with Crippen molar-refractivity contribution in [3.8, 4) is 34.0 Å². The quantitative estimate of drug-likeness (QED) is 0.332. The fraction of sp³-hybridized carbons (Fsp3) is 0.0345. The minimum absolute atomic E-state index is 0.618. The molecular formula is C29H18N3O2. The van der Waals surface area contributed by atoms with Gasteiger partial charge >= 0.3 is 0 Å². The molecule has 0 fully saturated rings. The minimum Gasteiger partial charge on any atom is -0.447 e. The van der Waals surface area contributed by atoms with Crippen molar-refractivity contribution in [2.45, 2.75) is 6.29 Å². The third-order valence-corrected chi connectivity index (χ3v) is 6.24. The van der Waals surface area contributed by atoms with E-state index in [0.717, 1.165) is 50.0 Å². The van der Waals surface area contributed by atoms with Crippen LogP contribution in [0.25, 0.3) is 44.2 Å². The van der Waals surface area contributed by atoms with Gasteiger partial charge < -0.3 is 14.5 Å². The molecule has 2 aromatic heterocycles. The Kier molecular flexibility index (Phi) is 4.14. The van der Waals surface area contributed by atoms with E-state index in [4.69, 9.17) is 9.47 Å². The van der Waals surface area contributed by atoms with E-state index in [1.165, 1.54) is 5.39 Å². The van der Waals surface area contributed by atoms with Gasteiger partial charge in [0.2, 0.25) is 0 Å². The van der Waals surface area contributed by atoms with Gasteiger partial charge in [0.25, 0.3) is 6.29 Å². The molecule has 0 amide bonds. The van der Waals surface area contributed by atoms with Crippen LogP contribution in [0.4, 0.5) is 0 Å². The van der Waals surface area contributed by atoms with Crippen LogP contribution in [0.2, 0.25) is 0 Å². The van der Waals surface area contributed by atoms with Gasteiger partial charge in [0, 0.05) is 34.4 Å². The summed E-state index contributed by atoms with van der Waals surface area (Å²) < 4.78 is 12.6. The first-order valence-corrected chi connectivity index (χ1v) is 11.1. The molecule has 1 N–H and O–H groups in total. The molecule has 0 saturated carbocycles. The third kappa shape index (κ3) is 2.87. The van der Waals surface area contributed by atoms with Crippen LogP contribution in [-0.2, 0) is 0 Å². The van der Waals surface area contributed by atoms with Crippen LogP contribution in [-0.4, -0.2) is 15.0 Å². The zero-order chi connectivity index (χ0) is 22.5. The Morgan fingerprint density at radius 2 is 1.44 bits per heavy atom. The molecule has 7 rings (SSSR count). The number of fused-ring (bicyclic) bond motifs is 3. The molecule has 4 aromatic carbocycles. The fourth-order valence-electron chi connectivity index (χ4n) is 4.73. The van der Waals surface area contributed by atoms with Crippen molar-refractivity contribution in [2.75, 3.05) is 0 Å². The van der Waals surface area contributed by atoms with Crippen molar-refractivity contribution in [1.29, 1.82) is 0 Å². The Morgan fingerprint density at radius 3 is 2.26 bits per heavy atom. The molecule has 34 heavy (non-hydrogen) atoms. The topological polar surface area (TPSA) is 60.0 Å². The molecule has 3 heterocycles. The number of nitrogens with one attached hydrogen (secondary N) is 1. The lowest BCUT2D eigenvalue weighted by Gasteiger charge is -2.17. The number of ether oxygens (including phenoxy) is 2. The molecule has 1 aliphatic rings. The zero-order valence-corrected chi connectivity index (χ0v) is 18.0. The normalized spacial score (nSPS) is 13.1. The number of hydrogen-bond donors (Lipinski definition) is 1. The lowest BCUT2D eigenvalue weighted by Crippen LogP contribution is -2.11. The van der Waals surface area contributed by atoms with E-state index in [1.54, 1.807) is 12.4 Å². The first-order chi connectivity index (χ1) is 16.9. The van der Waals surface area contributed by atoms with Crippen molar-refractivity contribution < 1.29 is 9.47 Å². The second-order valence-electron chi connectivity index (χ2n) is 8.19. The van der Waals surface area contributed by atoms with Gasteiger partial charge in [0.15, 0.2) is 17.3 Å². The summed E-state index contributed by atoms with van der Waals surface area (Å²) in [5.41, 5.74) is 4.73. The summed E-state index contributed by atoms with van der Waals surface area (Å²) in [4.78, 5) is 12.4. The van der Waals surface area contributed by atoms with Gasteiger partial charge in [-0.05, 0) is 46.7 Å². The number of aromatic nitrogens is 3. The highest BCUT2D eigenvalue weighted by molar-refractivity contribution is 6.07. The molecule has 1 aliphatic heterocycles. The summed E-state index contributed by atoms with van der Waals surface area (Å²) in [5.74, 6) is 2.05. The van der Waals surface area contributed by atoms with Gasteiger partial charge in [-0.3, -0.25) is 0 Å². The van der Waals surface area contributed by atoms with Crippen molar-refractivity contribution in [3.05, 3.63) is 109 Å². The fourth-order valence-corrected chi connectivity index (χ4v) is 4.73. The number of benzene rings is 4. The Morgan fingerprint density at radius 1 is 0.706 bits per heavy atom. The van der Waals surface area contributed by atoms with Crippen LogP contribution in [0.5, 0.6) is 11.5 Å². The van der Waals surface area contributed by atoms with E-state index in [2.05, 4.69) is 63.6 Å². The van der Waals surface area contributed by atoms with Crippen molar-refractivity contribution in [3.63, 3.8) is 0 Å². The van der Waals surface area contributed by atoms with E-state index in [1.807, 2.05) is 42.5 Å². The number of para-hydroxylation sites is 2. The predicted molar refractivity (Wildman–Crippen MR) is 132 cm³/mol. The number of rotatable bonds is 3. The van der Waals surface area contributed by atoms with Crippen LogP contribution in [0, 0.1) is 6.20 Å². The minimum atomic E-state index is -0.641. The van der Waals surface area contributed by atoms with E-state index in [-0.39, 0.29) is 0 Å². The second-order valence-corrected chi connectivity index (χ2v) is 8.19. The molecule has 0 spiro atoms. The summed E-state index contributed by atoms with van der Waals surface area (Å²) >= 11 is 0. The van der Waals surface area contributed by atoms with Crippen LogP contribution in [0.1, 0.15) is 11.9 Å². The molecule has 0 atom stereocenters. The highest BCUT2D eigenvalue weighted by Crippen LogP contribution is 2.46. The summed E-state index contributed by atoms with van der Waals surface area (Å²) in [6.45, 7) is 0. The monoisotopic (exact) mass is 440 g/mol. The van der Waals surface area contributed by atoms with Gasteiger partial charge in [-0.2, -0.15) is 0 Å². The smallest absolute Gasteiger partial charge is 0.269 e. The molecule has 0 bridgehead atoms. The number of H-pyrrole nitrogens is 1. The summed E-state index contributed by atoms with van der Waals surface area (Å²) in [6, 6.07) is 28.3. The van der Waals surface area contributed by atoms with Crippen molar-refractivity contribution in [1.82, 2.24) is 15.0 Å². The predicted octanol–water partition coefficient (Wildman–Crippen LogP) is 6.72. The van der Waals surface area contributed by atoms with Gasteiger partial charge in [-0.25, -0.2) is 9.97 Å². The average Bonchev–Trinajstić information content (AvgIpc) is 3.53. The van der Waals surface area contributed by atoms with Crippen molar-refractivity contribution in [2.24, 2.45) is 0 Å². The third-order valence-electron chi connectivity index (χ3n) is 6.24. The number of aromatic amines is 1. The van der Waals surface area contributed by atoms with Crippen molar-refractivity contribution >= 4 is 21.7 Å². The van der Waals surface area contributed by atoms with E-state index in [0.29, 0.717) is 5.82 Å². The maximum Gasteiger partial charge on any atom is 0.269 e. The van der Waals surface area contributed by atoms with Gasteiger partial charge in [0.05, 0.1) is 11.8 Å². The molecular weight excluding hydrogens is 422 g/mol. The molecule has 6 aromatic rings. The second kappa shape index (κ2) is 7.46. The summed E-state index contributed by atoms with van der Waals surface area (Å²) in [7, 11) is 0. The molecule has 1 radical (unpaired) electrons. The molecule has 161 valence electrons. The summed E-state index contributed by atoms with van der Waals surface area (Å²) in [5, 5.41) is 3.32. The van der Waals surface area contributed by atoms with Crippen LogP contribution < -0.4 is 9.47 Å². The molecule has 0 aliphatic carbocycles. The largest absolute Gasteiger partial charge is 0.447 e. The standard InChI is InChI=1S/C29H18N3O2/c1-2-9-19-18(7-1)8-5-10-20(19)22-17-32-23-14-13-21(28-30-15-6-16-31-28)27(26(22)23)29-33-24-11-3-4-12-25(24)34-29/h1-16,29,32H. The van der Waals surface area contributed by atoms with E-state index < -0.39 is 6.29 Å². The Balaban J connectivity index is 1.53. The van der Waals surface area contributed by atoms with Crippen LogP contribution in [0.3, 0.4) is 0 Å². The lowest BCUT2D eigenvalue weighted by molar-refractivity contribution is 0.0505. The maximum atomic E-state index is 6.31. The Labute approximate surface area is 195 Å². The SMILES string of the molecule is [c]1[nH]c2ccc(-c3ncccn3)c(C3Oc4ccccc4O3)c2c1-c1cccc2ccccc12. The van der Waals surface area contributed by atoms with Crippen LogP contribution in [0.15, 0.2) is 97.3 Å². The van der Waals surface area contributed by atoms with Gasteiger partial charge in [0.1, 0.15) is 0 Å². The maximum absolute atomic E-state index is 6.31. The highest BCUT2D eigenvalue weighted by atomic mass is 16.7. The zero-order valence-electron chi connectivity index (χ0n) is 18.0. The molecule has 0 unspecified atom stereocenters. The molecule has 5 heteroatoms. The molecule has 5 nitrogen and oxygen atoms in total. The summed E-state index contributed by atoms with van der Waals surface area (Å²) in [6.07, 6.45) is 6.26. The number of nitrogens with zero attached hydrogens (tertiary/aromatic N) is 2. The Hall–Kier alpha value is -4.64. The lowest BCUT2D eigenvalue weighted by atomic mass is 9.93. The first-order valence-electron chi connectivity index (χ1n) is 11.1. The van der Waals surface area contributed by atoms with E-state index >= 15 is 0 Å². The van der Waals surface area contributed by atoms with Gasteiger partial charge in [-0.15, -0.1) is 0 Å². The Bertz CT molecular complexity index is 1640. The van der Waals surface area contributed by atoms with E-state index in [9.17, 15) is 0 Å². The van der Waals surface area contributed by atoms with Gasteiger partial charge in [-0.1, -0.05) is 54.6 Å². The number of hydrogen-bond acceptors (Lipinski definition) is 4.